The highest BCUT2D eigenvalue weighted by Gasteiger charge is 2.54. The second kappa shape index (κ2) is 6.99. The lowest BCUT2D eigenvalue weighted by atomic mass is 9.69. The van der Waals surface area contributed by atoms with Crippen LogP contribution in [0.4, 0.5) is 5.69 Å². The highest BCUT2D eigenvalue weighted by atomic mass is 16.6. The second-order valence-corrected chi connectivity index (χ2v) is 6.41. The SMILES string of the molecule is COCC1CC[C@H](Nc2ccccc2)[C@]2(OC)CCCOC12. The molecule has 0 spiro atoms. The summed E-state index contributed by atoms with van der Waals surface area (Å²) in [5.74, 6) is 0.416. The van der Waals surface area contributed by atoms with Crippen molar-refractivity contribution in [1.82, 2.24) is 0 Å². The maximum Gasteiger partial charge on any atom is 0.114 e. The normalized spacial score (nSPS) is 34.9. The van der Waals surface area contributed by atoms with E-state index in [1.165, 1.54) is 0 Å². The van der Waals surface area contributed by atoms with Gasteiger partial charge in [0.2, 0.25) is 0 Å². The predicted molar refractivity (Wildman–Crippen MR) is 87.2 cm³/mol. The smallest absolute Gasteiger partial charge is 0.114 e. The van der Waals surface area contributed by atoms with E-state index in [2.05, 4.69) is 29.6 Å². The van der Waals surface area contributed by atoms with E-state index in [0.29, 0.717) is 5.92 Å². The van der Waals surface area contributed by atoms with Crippen LogP contribution in [0.2, 0.25) is 0 Å². The summed E-state index contributed by atoms with van der Waals surface area (Å²) in [6.45, 7) is 1.57. The van der Waals surface area contributed by atoms with Crippen LogP contribution in [-0.4, -0.2) is 45.2 Å². The number of methoxy groups -OCH3 is 2. The van der Waals surface area contributed by atoms with Gasteiger partial charge in [-0.25, -0.2) is 0 Å². The van der Waals surface area contributed by atoms with E-state index in [1.54, 1.807) is 7.11 Å². The first kappa shape index (κ1) is 15.8. The summed E-state index contributed by atoms with van der Waals surface area (Å²) < 4.78 is 17.7. The van der Waals surface area contributed by atoms with Crippen molar-refractivity contribution in [3.8, 4) is 0 Å². The molecule has 2 fully saturated rings. The van der Waals surface area contributed by atoms with Crippen LogP contribution in [0.1, 0.15) is 25.7 Å². The molecule has 1 N–H and O–H groups in total. The average Bonchev–Trinajstić information content (AvgIpc) is 2.58. The average molecular weight is 305 g/mol. The van der Waals surface area contributed by atoms with Crippen molar-refractivity contribution in [1.29, 1.82) is 0 Å². The van der Waals surface area contributed by atoms with Crippen LogP contribution in [0.5, 0.6) is 0 Å². The standard InChI is InChI=1S/C18H27NO3/c1-20-13-14-9-10-16(19-15-7-4-3-5-8-15)18(21-2)11-6-12-22-17(14)18/h3-5,7-8,14,16-17,19H,6,9-13H2,1-2H3/t14?,16-,17?,18+/m0/s1. The maximum absolute atomic E-state index is 6.16. The van der Waals surface area contributed by atoms with Crippen LogP contribution in [0.25, 0.3) is 0 Å². The Morgan fingerprint density at radius 3 is 2.77 bits per heavy atom. The molecular formula is C18H27NO3. The van der Waals surface area contributed by atoms with Gasteiger partial charge in [-0.2, -0.15) is 0 Å². The first-order valence-electron chi connectivity index (χ1n) is 8.27. The molecule has 0 amide bonds. The van der Waals surface area contributed by atoms with Crippen LogP contribution in [-0.2, 0) is 14.2 Å². The zero-order chi connectivity index (χ0) is 15.4. The molecule has 1 aliphatic carbocycles. The van der Waals surface area contributed by atoms with Crippen molar-refractivity contribution < 1.29 is 14.2 Å². The van der Waals surface area contributed by atoms with Crippen LogP contribution >= 0.6 is 0 Å². The molecule has 1 saturated heterocycles. The number of ether oxygens (including phenoxy) is 3. The maximum atomic E-state index is 6.16. The largest absolute Gasteiger partial charge is 0.384 e. The summed E-state index contributed by atoms with van der Waals surface area (Å²) in [4.78, 5) is 0. The Hall–Kier alpha value is -1.10. The van der Waals surface area contributed by atoms with Gasteiger partial charge in [0.25, 0.3) is 0 Å². The molecule has 1 aromatic carbocycles. The number of para-hydroxylation sites is 1. The van der Waals surface area contributed by atoms with Crippen LogP contribution < -0.4 is 5.32 Å². The molecule has 4 atom stereocenters. The number of fused-ring (bicyclic) bond motifs is 1. The number of nitrogens with one attached hydrogen (secondary N) is 1. The van der Waals surface area contributed by atoms with Crippen molar-refractivity contribution in [3.05, 3.63) is 30.3 Å². The van der Waals surface area contributed by atoms with E-state index in [9.17, 15) is 0 Å². The Labute approximate surface area is 133 Å². The predicted octanol–water partition coefficient (Wildman–Crippen LogP) is 3.09. The third-order valence-electron chi connectivity index (χ3n) is 5.21. The first-order valence-corrected chi connectivity index (χ1v) is 8.27. The summed E-state index contributed by atoms with van der Waals surface area (Å²) in [5.41, 5.74) is 0.897. The zero-order valence-electron chi connectivity index (χ0n) is 13.6. The van der Waals surface area contributed by atoms with E-state index < -0.39 is 0 Å². The fraction of sp³-hybridized carbons (Fsp3) is 0.667. The highest BCUT2D eigenvalue weighted by molar-refractivity contribution is 5.44. The number of benzene rings is 1. The van der Waals surface area contributed by atoms with Gasteiger partial charge in [0, 0.05) is 32.4 Å². The molecule has 22 heavy (non-hydrogen) atoms. The molecule has 4 nitrogen and oxygen atoms in total. The molecule has 2 aliphatic rings. The highest BCUT2D eigenvalue weighted by Crippen LogP contribution is 2.44. The molecule has 3 rings (SSSR count). The number of hydrogen-bond donors (Lipinski definition) is 1. The zero-order valence-corrected chi connectivity index (χ0v) is 13.6. The van der Waals surface area contributed by atoms with E-state index in [0.717, 1.165) is 44.6 Å². The van der Waals surface area contributed by atoms with Crippen molar-refractivity contribution in [3.63, 3.8) is 0 Å². The minimum Gasteiger partial charge on any atom is -0.384 e. The third-order valence-corrected chi connectivity index (χ3v) is 5.21. The Morgan fingerprint density at radius 1 is 1.23 bits per heavy atom. The topological polar surface area (TPSA) is 39.7 Å². The molecule has 122 valence electrons. The van der Waals surface area contributed by atoms with Gasteiger partial charge in [-0.05, 0) is 37.8 Å². The van der Waals surface area contributed by atoms with Gasteiger partial charge in [0.05, 0.1) is 18.8 Å². The Balaban J connectivity index is 1.83. The van der Waals surface area contributed by atoms with Crippen LogP contribution in [0, 0.1) is 5.92 Å². The molecule has 1 aromatic rings. The van der Waals surface area contributed by atoms with Gasteiger partial charge in [-0.1, -0.05) is 18.2 Å². The van der Waals surface area contributed by atoms with Crippen molar-refractivity contribution in [2.24, 2.45) is 5.92 Å². The van der Waals surface area contributed by atoms with Gasteiger partial charge in [0.1, 0.15) is 5.60 Å². The minimum atomic E-state index is -0.254. The molecule has 1 aliphatic heterocycles. The quantitative estimate of drug-likeness (QED) is 0.907. The van der Waals surface area contributed by atoms with Crippen LogP contribution in [0.3, 0.4) is 0 Å². The fourth-order valence-electron chi connectivity index (χ4n) is 4.20. The molecule has 2 unspecified atom stereocenters. The Bertz CT molecular complexity index is 467. The van der Waals surface area contributed by atoms with Crippen LogP contribution in [0.15, 0.2) is 30.3 Å². The van der Waals surface area contributed by atoms with Crippen molar-refractivity contribution in [2.45, 2.75) is 43.4 Å². The Morgan fingerprint density at radius 2 is 2.05 bits per heavy atom. The summed E-state index contributed by atoms with van der Waals surface area (Å²) in [6, 6.07) is 10.7. The van der Waals surface area contributed by atoms with Gasteiger partial charge < -0.3 is 19.5 Å². The molecule has 0 aromatic heterocycles. The second-order valence-electron chi connectivity index (χ2n) is 6.41. The number of anilines is 1. The molecule has 1 heterocycles. The number of rotatable bonds is 5. The molecule has 0 bridgehead atoms. The van der Waals surface area contributed by atoms with Crippen molar-refractivity contribution in [2.75, 3.05) is 32.8 Å². The summed E-state index contributed by atoms with van der Waals surface area (Å²) in [7, 11) is 3.60. The molecular weight excluding hydrogens is 278 g/mol. The summed E-state index contributed by atoms with van der Waals surface area (Å²) in [6.07, 6.45) is 4.39. The van der Waals surface area contributed by atoms with E-state index in [4.69, 9.17) is 14.2 Å². The van der Waals surface area contributed by atoms with Gasteiger partial charge in [-0.3, -0.25) is 0 Å². The minimum absolute atomic E-state index is 0.112. The van der Waals surface area contributed by atoms with Gasteiger partial charge >= 0.3 is 0 Å². The first-order chi connectivity index (χ1) is 10.8. The summed E-state index contributed by atoms with van der Waals surface area (Å²) in [5, 5.41) is 3.69. The summed E-state index contributed by atoms with van der Waals surface area (Å²) >= 11 is 0. The number of hydrogen-bond acceptors (Lipinski definition) is 4. The Kier molecular flexibility index (Phi) is 5.01. The monoisotopic (exact) mass is 305 g/mol. The van der Waals surface area contributed by atoms with E-state index in [-0.39, 0.29) is 17.7 Å². The molecule has 4 heteroatoms. The molecule has 1 saturated carbocycles. The van der Waals surface area contributed by atoms with Crippen molar-refractivity contribution >= 4 is 5.69 Å². The van der Waals surface area contributed by atoms with Gasteiger partial charge in [0.15, 0.2) is 0 Å². The lowest BCUT2D eigenvalue weighted by molar-refractivity contribution is -0.210. The van der Waals surface area contributed by atoms with Gasteiger partial charge in [-0.15, -0.1) is 0 Å². The van der Waals surface area contributed by atoms with E-state index in [1.807, 2.05) is 13.2 Å². The third kappa shape index (κ3) is 2.87. The lowest BCUT2D eigenvalue weighted by Gasteiger charge is -2.54. The van der Waals surface area contributed by atoms with E-state index >= 15 is 0 Å². The molecule has 0 radical (unpaired) electrons. The lowest BCUT2D eigenvalue weighted by Crippen LogP contribution is -2.65. The fourth-order valence-corrected chi connectivity index (χ4v) is 4.20.